The van der Waals surface area contributed by atoms with Gasteiger partial charge in [-0.25, -0.2) is 23.3 Å². The molecule has 7 amide bonds. The van der Waals surface area contributed by atoms with Crippen LogP contribution < -0.4 is 42.6 Å². The number of phenols is 1. The number of carboxylic acid groups (broad SMARTS) is 3. The number of aromatic hydroxyl groups is 1. The number of amides is 7. The number of hydrogen-bond acceptors (Lipinski definition) is 15. The minimum Gasteiger partial charge on any atom is -0.505 e. The highest BCUT2D eigenvalue weighted by atomic mass is 32.2. The number of nitrogens with zero attached hydrogens (tertiary/aromatic N) is 1. The standard InChI is InChI=1S/C55H51F2N7O16S/c1-2-45(67)60-37(16-27-11-7-4-8-12-27)51(73)62-36(15-26-9-5-3-6-10-26)50(72)59-24-35(58)49(71)61-38(20-47(69)70)52(74)63-39(55(78)79)25-81-44-23-46(68)64(53(44)75)28-13-14-29(30(17-28)54(76)77)48-31-18-33(56)40(65)21-42(31)80-43-22-41(66)34(57)19-32(43)48/h3-14,17-19,21-22,35-39,44,65H,2,15-16,20,23-25,58H2,1H3,(H,59,72)(H,60,67)(H,61,71)(H,62,73)(H,63,74)(H,69,70)(H,76,77)(H,78,79)/t35-,36-,37-,38-,39-,44?/m0/s1. The summed E-state index contributed by atoms with van der Waals surface area (Å²) in [6.07, 6.45) is -1.54. The lowest BCUT2D eigenvalue weighted by atomic mass is 9.90. The molecule has 11 N–H and O–H groups in total. The largest absolute Gasteiger partial charge is 0.505 e. The van der Waals surface area contributed by atoms with Gasteiger partial charge in [-0.05, 0) is 41.0 Å². The van der Waals surface area contributed by atoms with E-state index in [2.05, 4.69) is 26.6 Å². The molecular weight excluding hydrogens is 1080 g/mol. The van der Waals surface area contributed by atoms with E-state index in [4.69, 9.17) is 10.2 Å². The number of fused-ring (bicyclic) bond motifs is 2. The molecule has 0 spiro atoms. The quantitative estimate of drug-likeness (QED) is 0.0307. The minimum absolute atomic E-state index is 0.0476. The molecule has 26 heteroatoms. The second kappa shape index (κ2) is 25.9. The molecule has 422 valence electrons. The van der Waals surface area contributed by atoms with Gasteiger partial charge < -0.3 is 57.2 Å². The third kappa shape index (κ3) is 14.4. The van der Waals surface area contributed by atoms with Crippen molar-refractivity contribution in [1.82, 2.24) is 26.6 Å². The van der Waals surface area contributed by atoms with E-state index in [1.54, 1.807) is 67.6 Å². The lowest BCUT2D eigenvalue weighted by Crippen LogP contribution is -2.58. The fourth-order valence-electron chi connectivity index (χ4n) is 8.70. The molecule has 23 nitrogen and oxygen atoms in total. The molecule has 0 radical (unpaired) electrons. The van der Waals surface area contributed by atoms with Crippen LogP contribution in [0, 0.1) is 11.6 Å². The monoisotopic (exact) mass is 1140 g/mol. The van der Waals surface area contributed by atoms with Crippen LogP contribution >= 0.6 is 11.8 Å². The van der Waals surface area contributed by atoms with E-state index in [0.717, 1.165) is 48.0 Å². The SMILES string of the molecule is CCC(=O)N[C@@H](Cc1ccccc1)C(=O)N[C@@H](Cc1ccccc1)C(=O)NC[C@H](N)C(=O)N[C@@H](CC(=O)O)C(=O)N[C@@H](CSC1CC(=O)N(c2ccc(-c3c4cc(F)c(=O)cc-4oc4cc(O)c(F)cc34)c(C(=O)O)c2)C1=O)C(=O)O. The fraction of sp³-hybridized carbons (Fsp3) is 0.255. The first-order chi connectivity index (χ1) is 38.5. The molecule has 2 heterocycles. The normalized spacial score (nSPS) is 15.0. The summed E-state index contributed by atoms with van der Waals surface area (Å²) < 4.78 is 35.2. The Balaban J connectivity index is 1.00. The highest BCUT2D eigenvalue weighted by Crippen LogP contribution is 2.44. The van der Waals surface area contributed by atoms with Gasteiger partial charge in [-0.2, -0.15) is 0 Å². The van der Waals surface area contributed by atoms with Crippen LogP contribution in [-0.4, -0.2) is 127 Å². The summed E-state index contributed by atoms with van der Waals surface area (Å²) in [5.41, 5.74) is 4.68. The van der Waals surface area contributed by atoms with E-state index >= 15 is 0 Å². The van der Waals surface area contributed by atoms with Crippen molar-refractivity contribution in [2.45, 2.75) is 74.5 Å². The number of imide groups is 1. The zero-order chi connectivity index (χ0) is 58.8. The van der Waals surface area contributed by atoms with Crippen molar-refractivity contribution in [2.24, 2.45) is 5.73 Å². The molecule has 3 aliphatic rings. The van der Waals surface area contributed by atoms with Crippen molar-refractivity contribution in [2.75, 3.05) is 17.2 Å². The summed E-state index contributed by atoms with van der Waals surface area (Å²) in [6, 6.07) is 15.9. The molecule has 0 aromatic heterocycles. The van der Waals surface area contributed by atoms with Crippen LogP contribution in [0.4, 0.5) is 14.5 Å². The van der Waals surface area contributed by atoms with Crippen LogP contribution in [-0.2, 0) is 56.0 Å². The summed E-state index contributed by atoms with van der Waals surface area (Å²) >= 11 is 0.596. The van der Waals surface area contributed by atoms with Crippen molar-refractivity contribution in [3.05, 3.63) is 142 Å². The maximum absolute atomic E-state index is 14.8. The van der Waals surface area contributed by atoms with Crippen LogP contribution in [0.5, 0.6) is 5.75 Å². The van der Waals surface area contributed by atoms with Crippen LogP contribution in [0.2, 0.25) is 0 Å². The average Bonchev–Trinajstić information content (AvgIpc) is 3.11. The fourth-order valence-corrected chi connectivity index (χ4v) is 9.86. The second-order valence-corrected chi connectivity index (χ2v) is 19.7. The van der Waals surface area contributed by atoms with E-state index < -0.39 is 148 Å². The van der Waals surface area contributed by atoms with E-state index in [1.165, 1.54) is 0 Å². The molecule has 0 bridgehead atoms. The Labute approximate surface area is 461 Å². The number of hydrogen-bond donors (Lipinski definition) is 10. The molecule has 4 aromatic carbocycles. The number of carbonyl (C=O) groups is 10. The Bertz CT molecular complexity index is 3500. The number of anilines is 1. The highest BCUT2D eigenvalue weighted by molar-refractivity contribution is 8.00. The van der Waals surface area contributed by atoms with Gasteiger partial charge in [0.15, 0.2) is 17.4 Å². The summed E-state index contributed by atoms with van der Waals surface area (Å²) in [4.78, 5) is 144. The first-order valence-corrected chi connectivity index (χ1v) is 25.8. The third-order valence-electron chi connectivity index (χ3n) is 12.8. The van der Waals surface area contributed by atoms with Crippen LogP contribution in [0.1, 0.15) is 47.7 Å². The Morgan fingerprint density at radius 1 is 0.716 bits per heavy atom. The van der Waals surface area contributed by atoms with Gasteiger partial charge in [0, 0.05) is 66.6 Å². The van der Waals surface area contributed by atoms with Gasteiger partial charge in [-0.15, -0.1) is 11.8 Å². The van der Waals surface area contributed by atoms with Gasteiger partial charge in [0.05, 0.1) is 22.9 Å². The van der Waals surface area contributed by atoms with Crippen LogP contribution in [0.15, 0.2) is 112 Å². The number of nitrogens with one attached hydrogen (secondary N) is 5. The molecular formula is C55H51F2N7O16S. The van der Waals surface area contributed by atoms with Gasteiger partial charge in [-0.3, -0.25) is 43.2 Å². The summed E-state index contributed by atoms with van der Waals surface area (Å²) in [5, 5.41) is 50.8. The molecule has 4 aromatic rings. The van der Waals surface area contributed by atoms with Crippen LogP contribution in [0.25, 0.3) is 33.4 Å². The predicted octanol–water partition coefficient (Wildman–Crippen LogP) is 2.45. The first kappa shape index (κ1) is 59.1. The van der Waals surface area contributed by atoms with Crippen molar-refractivity contribution in [3.63, 3.8) is 0 Å². The maximum atomic E-state index is 14.8. The van der Waals surface area contributed by atoms with Gasteiger partial charge >= 0.3 is 17.9 Å². The molecule has 0 saturated carbocycles. The molecule has 7 rings (SSSR count). The number of aromatic carboxylic acids is 1. The number of halogens is 2. The van der Waals surface area contributed by atoms with Crippen LogP contribution in [0.3, 0.4) is 0 Å². The molecule has 81 heavy (non-hydrogen) atoms. The predicted molar refractivity (Wildman–Crippen MR) is 286 cm³/mol. The van der Waals surface area contributed by atoms with Crippen molar-refractivity contribution in [1.29, 1.82) is 0 Å². The van der Waals surface area contributed by atoms with Gasteiger partial charge in [0.25, 0.3) is 0 Å². The third-order valence-corrected chi connectivity index (χ3v) is 14.1. The smallest absolute Gasteiger partial charge is 0.336 e. The lowest BCUT2D eigenvalue weighted by molar-refractivity contribution is -0.143. The average molecular weight is 1140 g/mol. The molecule has 2 aliphatic heterocycles. The number of aliphatic carboxylic acids is 2. The maximum Gasteiger partial charge on any atom is 0.336 e. The van der Waals surface area contributed by atoms with E-state index in [0.29, 0.717) is 22.2 Å². The molecule has 1 aliphatic carbocycles. The topological polar surface area (TPSA) is 371 Å². The van der Waals surface area contributed by atoms with E-state index in [-0.39, 0.29) is 58.4 Å². The number of carbonyl (C=O) groups excluding carboxylic acids is 7. The molecule has 1 fully saturated rings. The van der Waals surface area contributed by atoms with E-state index in [1.807, 2.05) is 0 Å². The summed E-state index contributed by atoms with van der Waals surface area (Å²) in [6.45, 7) is 0.984. The highest BCUT2D eigenvalue weighted by Gasteiger charge is 2.42. The minimum atomic E-state index is -1.96. The number of rotatable bonds is 24. The molecule has 1 unspecified atom stereocenters. The second-order valence-electron chi connectivity index (χ2n) is 18.5. The van der Waals surface area contributed by atoms with Gasteiger partial charge in [0.1, 0.15) is 41.6 Å². The summed E-state index contributed by atoms with van der Waals surface area (Å²) in [7, 11) is 0. The van der Waals surface area contributed by atoms with Gasteiger partial charge in [-0.1, -0.05) is 73.7 Å². The number of phenolic OH excluding ortho intramolecular Hbond substituents is 1. The number of benzene rings is 5. The van der Waals surface area contributed by atoms with Crippen molar-refractivity contribution in [3.8, 4) is 28.2 Å². The lowest BCUT2D eigenvalue weighted by Gasteiger charge is -2.24. The Morgan fingerprint density at radius 2 is 1.32 bits per heavy atom. The van der Waals surface area contributed by atoms with E-state index in [9.17, 15) is 81.9 Å². The first-order valence-electron chi connectivity index (χ1n) is 24.7. The number of nitrogens with two attached hydrogens (primary N) is 1. The Hall–Kier alpha value is -9.56. The molecule has 1 saturated heterocycles. The van der Waals surface area contributed by atoms with Gasteiger partial charge in [0.2, 0.25) is 46.8 Å². The Morgan fingerprint density at radius 3 is 1.93 bits per heavy atom. The zero-order valence-corrected chi connectivity index (χ0v) is 43.4. The summed E-state index contributed by atoms with van der Waals surface area (Å²) in [5.74, 6) is -15.3. The number of thioether (sulfide) groups is 1. The van der Waals surface area contributed by atoms with Crippen molar-refractivity contribution >= 4 is 87.7 Å². The van der Waals surface area contributed by atoms with Crippen molar-refractivity contribution < 1.29 is 81.6 Å². The Kier molecular flexibility index (Phi) is 18.9. The number of carboxylic acids is 3. The zero-order valence-electron chi connectivity index (χ0n) is 42.6. The molecule has 6 atom stereocenters.